The maximum atomic E-state index is 13.1. The van der Waals surface area contributed by atoms with Crippen molar-refractivity contribution in [2.24, 2.45) is 0 Å². The number of nitrogens with zero attached hydrogens (tertiary/aromatic N) is 4. The minimum Gasteiger partial charge on any atom is -0.462 e. The third-order valence-electron chi connectivity index (χ3n) is 9.15. The van der Waals surface area contributed by atoms with E-state index in [0.29, 0.717) is 58.1 Å². The number of rotatable bonds is 14. The highest BCUT2D eigenvalue weighted by atomic mass is 19.5. The molecule has 0 amide bonds. The lowest BCUT2D eigenvalue weighted by Gasteiger charge is -2.17. The quantitative estimate of drug-likeness (QED) is 0.0349. The van der Waals surface area contributed by atoms with Gasteiger partial charge in [-0.15, -0.1) is 0 Å². The van der Waals surface area contributed by atoms with Gasteiger partial charge in [-0.1, -0.05) is 24.3 Å². The molecule has 12 nitrogen and oxygen atoms in total. The lowest BCUT2D eigenvalue weighted by atomic mass is 9.93. The second kappa shape index (κ2) is 24.0. The number of carbonyl (C=O) groups excluding carboxylic acids is 4. The van der Waals surface area contributed by atoms with Gasteiger partial charge >= 0.3 is 38.4 Å². The van der Waals surface area contributed by atoms with E-state index in [1.54, 1.807) is 55.4 Å². The highest BCUT2D eigenvalue weighted by Crippen LogP contribution is 2.34. The first-order valence-corrected chi connectivity index (χ1v) is 20.4. The zero-order valence-electron chi connectivity index (χ0n) is 37.4. The Morgan fingerprint density at radius 3 is 0.848 bits per heavy atom. The predicted octanol–water partition coefficient (Wildman–Crippen LogP) is 9.02. The zero-order valence-corrected chi connectivity index (χ0v) is 37.4. The third kappa shape index (κ3) is 15.8. The van der Waals surface area contributed by atoms with Crippen LogP contribution in [0.25, 0.3) is 22.3 Å². The van der Waals surface area contributed by atoms with Gasteiger partial charge in [-0.05, 0) is 66.5 Å². The Morgan fingerprint density at radius 2 is 0.652 bits per heavy atom. The summed E-state index contributed by atoms with van der Waals surface area (Å²) in [5, 5.41) is 0. The smallest absolute Gasteiger partial charge is 0.462 e. The molecule has 0 spiro atoms. The Hall–Kier alpha value is -6.73. The summed E-state index contributed by atoms with van der Waals surface area (Å²) in [6.07, 6.45) is 7.62. The van der Waals surface area contributed by atoms with Crippen molar-refractivity contribution >= 4 is 38.4 Å². The summed E-state index contributed by atoms with van der Waals surface area (Å²) in [5.74, 6) is -2.19. The van der Waals surface area contributed by atoms with E-state index in [9.17, 15) is 53.7 Å². The largest absolute Gasteiger partial charge is 0.673 e. The van der Waals surface area contributed by atoms with Crippen LogP contribution in [0.1, 0.15) is 103 Å². The van der Waals surface area contributed by atoms with Crippen molar-refractivity contribution < 1.29 is 81.8 Å². The van der Waals surface area contributed by atoms with Gasteiger partial charge in [0.15, 0.2) is 37.9 Å². The minimum absolute atomic E-state index is 0.184. The highest BCUT2D eigenvalue weighted by Gasteiger charge is 2.30. The Labute approximate surface area is 376 Å². The van der Waals surface area contributed by atoms with Crippen LogP contribution in [0.3, 0.4) is 0 Å². The second-order valence-electron chi connectivity index (χ2n) is 14.0. The molecule has 0 aliphatic carbocycles. The minimum atomic E-state index is -6.00. The number of aromatic nitrogens is 4. The lowest BCUT2D eigenvalue weighted by molar-refractivity contribution is -0.688. The summed E-state index contributed by atoms with van der Waals surface area (Å²) < 4.78 is 103. The molecule has 4 heterocycles. The molecule has 1 aromatic carbocycles. The fourth-order valence-corrected chi connectivity index (χ4v) is 6.72. The van der Waals surface area contributed by atoms with Crippen molar-refractivity contribution in [3.8, 4) is 22.3 Å². The molecule has 66 heavy (non-hydrogen) atoms. The van der Waals surface area contributed by atoms with Crippen LogP contribution in [0.2, 0.25) is 0 Å². The van der Waals surface area contributed by atoms with Crippen LogP contribution < -0.4 is 9.13 Å². The Balaban J connectivity index is 0.00000104. The van der Waals surface area contributed by atoms with Gasteiger partial charge in [0.05, 0.1) is 71.5 Å². The molecular formula is C44H48B2F8N4O8. The van der Waals surface area contributed by atoms with Gasteiger partial charge in [0.1, 0.15) is 0 Å². The summed E-state index contributed by atoms with van der Waals surface area (Å²) >= 11 is 0. The highest BCUT2D eigenvalue weighted by molar-refractivity contribution is 6.50. The average molecular weight is 934 g/mol. The molecule has 0 radical (unpaired) electrons. The summed E-state index contributed by atoms with van der Waals surface area (Å²) in [5.41, 5.74) is 7.23. The number of aryl methyl sites for hydroxylation is 4. The van der Waals surface area contributed by atoms with Crippen LogP contribution >= 0.6 is 0 Å². The van der Waals surface area contributed by atoms with Crippen molar-refractivity contribution in [2.45, 2.75) is 68.5 Å². The summed E-state index contributed by atoms with van der Waals surface area (Å²) in [4.78, 5) is 61.4. The van der Waals surface area contributed by atoms with E-state index in [-0.39, 0.29) is 48.7 Å². The maximum Gasteiger partial charge on any atom is 0.673 e. The normalized spacial score (nSPS) is 11.0. The summed E-state index contributed by atoms with van der Waals surface area (Å²) in [6, 6.07) is 15.7. The molecule has 0 saturated carbocycles. The van der Waals surface area contributed by atoms with Crippen molar-refractivity contribution in [2.75, 3.05) is 26.4 Å². The number of hydrogen-bond acceptors (Lipinski definition) is 10. The first kappa shape index (κ1) is 53.6. The first-order valence-electron chi connectivity index (χ1n) is 20.4. The number of hydrogen-bond donors (Lipinski definition) is 0. The molecular weight excluding hydrogens is 886 g/mol. The molecule has 0 aliphatic rings. The van der Waals surface area contributed by atoms with Crippen molar-refractivity contribution in [1.82, 2.24) is 9.97 Å². The van der Waals surface area contributed by atoms with Crippen molar-refractivity contribution in [1.29, 1.82) is 0 Å². The molecule has 5 rings (SSSR count). The fraction of sp³-hybridized carbons (Fsp3) is 0.318. The van der Waals surface area contributed by atoms with Crippen molar-refractivity contribution in [3.63, 3.8) is 0 Å². The summed E-state index contributed by atoms with van der Waals surface area (Å²) in [6.45, 7) is 15.8. The van der Waals surface area contributed by atoms with Gasteiger partial charge in [-0.25, -0.2) is 28.3 Å². The molecule has 0 unspecified atom stereocenters. The van der Waals surface area contributed by atoms with Crippen LogP contribution in [-0.2, 0) is 32.0 Å². The molecule has 4 aromatic heterocycles. The molecule has 354 valence electrons. The van der Waals surface area contributed by atoms with Crippen LogP contribution in [0, 0.1) is 27.7 Å². The fourth-order valence-electron chi connectivity index (χ4n) is 6.72. The van der Waals surface area contributed by atoms with Gasteiger partial charge < -0.3 is 53.5 Å². The SMILES string of the molecule is CCOC(=O)c1c(C)nc(C)c(C(=O)OCC)c1-c1cc[n+](Cc2ccc(C[n+]3ccc(-c4c(C(=O)OCC)c(C)nc(C)c4C(=O)OCC)cc3)cc2)cc1.F[B-](F)(F)F.F[B-](F)(F)F. The summed E-state index contributed by atoms with van der Waals surface area (Å²) in [7, 11) is -12.0. The molecule has 22 heteroatoms. The molecule has 0 aliphatic heterocycles. The molecule has 0 fully saturated rings. The topological polar surface area (TPSA) is 139 Å². The molecule has 0 N–H and O–H groups in total. The molecule has 0 bridgehead atoms. The van der Waals surface area contributed by atoms with Gasteiger partial charge in [-0.3, -0.25) is 9.97 Å². The first-order chi connectivity index (χ1) is 30.9. The molecule has 5 aromatic rings. The number of pyridine rings is 4. The van der Waals surface area contributed by atoms with Crippen LogP contribution in [0.5, 0.6) is 0 Å². The zero-order chi connectivity index (χ0) is 49.5. The number of halogens is 8. The van der Waals surface area contributed by atoms with Gasteiger partial charge in [0.2, 0.25) is 0 Å². The molecule has 0 saturated heterocycles. The standard InChI is InChI=1S/C44H48N4O8.2BF4/c1-9-53-41(49)35-27(5)45-28(6)36(42(50)54-10-2)39(35)33-17-21-47(22-18-33)25-31-13-15-32(16-14-31)26-48-23-19-34(20-24-48)40-37(43(51)55-11-3)29(7)46-30(8)38(40)44(52)56-12-4;2*2-1(3,4)5/h13-24H,9-12,25-26H2,1-8H3;;/q+2;2*-1. The Kier molecular flexibility index (Phi) is 19.5. The van der Waals surface area contributed by atoms with Crippen LogP contribution in [0.4, 0.5) is 34.5 Å². The molecule has 0 atom stereocenters. The second-order valence-corrected chi connectivity index (χ2v) is 14.0. The van der Waals surface area contributed by atoms with E-state index in [1.165, 1.54) is 0 Å². The number of ether oxygens (including phenoxy) is 4. The van der Waals surface area contributed by atoms with Gasteiger partial charge in [0.25, 0.3) is 0 Å². The number of carbonyl (C=O) groups is 4. The maximum absolute atomic E-state index is 13.1. The van der Waals surface area contributed by atoms with E-state index < -0.39 is 38.4 Å². The monoisotopic (exact) mass is 934 g/mol. The third-order valence-corrected chi connectivity index (χ3v) is 9.15. The Morgan fingerprint density at radius 1 is 0.439 bits per heavy atom. The van der Waals surface area contributed by atoms with Gasteiger partial charge in [0, 0.05) is 46.5 Å². The van der Waals surface area contributed by atoms with E-state index in [4.69, 9.17) is 18.9 Å². The van der Waals surface area contributed by atoms with E-state index in [1.807, 2.05) is 58.2 Å². The van der Waals surface area contributed by atoms with Gasteiger partial charge in [-0.2, -0.15) is 0 Å². The predicted molar refractivity (Wildman–Crippen MR) is 228 cm³/mol. The number of esters is 4. The van der Waals surface area contributed by atoms with Crippen LogP contribution in [-0.4, -0.2) is 74.8 Å². The van der Waals surface area contributed by atoms with E-state index in [2.05, 4.69) is 34.2 Å². The van der Waals surface area contributed by atoms with E-state index >= 15 is 0 Å². The lowest BCUT2D eigenvalue weighted by Crippen LogP contribution is -2.34. The number of benzene rings is 1. The Bertz CT molecular complexity index is 2220. The van der Waals surface area contributed by atoms with E-state index in [0.717, 1.165) is 11.1 Å². The average Bonchev–Trinajstić information content (AvgIpc) is 3.20. The van der Waals surface area contributed by atoms with Crippen molar-refractivity contribution in [3.05, 3.63) is 129 Å². The van der Waals surface area contributed by atoms with Crippen LogP contribution in [0.15, 0.2) is 73.3 Å².